The fourth-order valence-corrected chi connectivity index (χ4v) is 1.69. The van der Waals surface area contributed by atoms with Gasteiger partial charge in [0.15, 0.2) is 5.82 Å². The lowest BCUT2D eigenvalue weighted by Crippen LogP contribution is -2.25. The van der Waals surface area contributed by atoms with E-state index in [4.69, 9.17) is 0 Å². The van der Waals surface area contributed by atoms with Crippen molar-refractivity contribution in [2.75, 3.05) is 0 Å². The van der Waals surface area contributed by atoms with Crippen molar-refractivity contribution in [1.29, 1.82) is 0 Å². The Morgan fingerprint density at radius 2 is 2.20 bits per heavy atom. The molecule has 0 aliphatic carbocycles. The number of tetrazole rings is 1. The van der Waals surface area contributed by atoms with Gasteiger partial charge in [0.05, 0.1) is 12.1 Å². The maximum Gasteiger partial charge on any atom is 0.248 e. The molecule has 2 aromatic rings. The summed E-state index contributed by atoms with van der Waals surface area (Å²) in [5.41, 5.74) is 0.647. The van der Waals surface area contributed by atoms with Gasteiger partial charge in [-0.05, 0) is 44.5 Å². The molecule has 7 nitrogen and oxygen atoms in total. The van der Waals surface area contributed by atoms with E-state index in [9.17, 15) is 4.79 Å². The Hall–Kier alpha value is -2.02. The predicted octanol–water partition coefficient (Wildman–Crippen LogP) is 0.967. The molecule has 7 heteroatoms. The zero-order valence-electron chi connectivity index (χ0n) is 12.2. The van der Waals surface area contributed by atoms with Gasteiger partial charge in [-0.15, -0.1) is 10.2 Å². The Kier molecular flexibility index (Phi) is 3.99. The largest absolute Gasteiger partial charge is 0.329 e. The van der Waals surface area contributed by atoms with Gasteiger partial charge in [0.25, 0.3) is 0 Å². The second-order valence-corrected chi connectivity index (χ2v) is 5.75. The van der Waals surface area contributed by atoms with Gasteiger partial charge in [-0.1, -0.05) is 0 Å². The predicted molar refractivity (Wildman–Crippen MR) is 75.1 cm³/mol. The summed E-state index contributed by atoms with van der Waals surface area (Å²) in [6.45, 7) is 8.55. The molecule has 0 aliphatic rings. The Balaban J connectivity index is 1.98. The first-order valence-electron chi connectivity index (χ1n) is 6.57. The summed E-state index contributed by atoms with van der Waals surface area (Å²) in [5.74, 6) is 0.636. The molecule has 2 aromatic heterocycles. The van der Waals surface area contributed by atoms with Crippen LogP contribution in [0.25, 0.3) is 0 Å². The van der Waals surface area contributed by atoms with Gasteiger partial charge >= 0.3 is 0 Å². The normalized spacial score (nSPS) is 13.4. The molecule has 0 spiro atoms. The zero-order valence-corrected chi connectivity index (χ0v) is 12.2. The van der Waals surface area contributed by atoms with Crippen LogP contribution in [0.5, 0.6) is 0 Å². The van der Waals surface area contributed by atoms with Crippen LogP contribution in [0.15, 0.2) is 23.1 Å². The third-order valence-corrected chi connectivity index (χ3v) is 2.92. The highest BCUT2D eigenvalue weighted by atomic mass is 16.1. The maximum absolute atomic E-state index is 11.3. The molecule has 1 atom stereocenters. The van der Waals surface area contributed by atoms with Crippen LogP contribution in [-0.2, 0) is 12.1 Å². The fourth-order valence-electron chi connectivity index (χ4n) is 1.69. The number of aromatic amines is 1. The first kappa shape index (κ1) is 14.4. The first-order valence-corrected chi connectivity index (χ1v) is 6.57. The quantitative estimate of drug-likeness (QED) is 0.868. The van der Waals surface area contributed by atoms with E-state index in [1.54, 1.807) is 17.1 Å². The van der Waals surface area contributed by atoms with Crippen molar-refractivity contribution in [2.45, 2.75) is 45.8 Å². The second kappa shape index (κ2) is 5.54. The molecule has 0 aromatic carbocycles. The number of aromatic nitrogens is 5. The molecule has 2 rings (SSSR count). The molecular formula is C13H20N6O. The van der Waals surface area contributed by atoms with E-state index < -0.39 is 0 Å². The van der Waals surface area contributed by atoms with Crippen LogP contribution in [0.1, 0.15) is 45.1 Å². The molecule has 2 N–H and O–H groups in total. The third kappa shape index (κ3) is 3.51. The molecular weight excluding hydrogens is 256 g/mol. The van der Waals surface area contributed by atoms with Crippen LogP contribution in [0.4, 0.5) is 0 Å². The summed E-state index contributed by atoms with van der Waals surface area (Å²) in [6.07, 6.45) is 1.64. The van der Waals surface area contributed by atoms with Gasteiger partial charge in [0, 0.05) is 18.3 Å². The van der Waals surface area contributed by atoms with Crippen LogP contribution in [0, 0.1) is 0 Å². The molecule has 0 bridgehead atoms. The van der Waals surface area contributed by atoms with E-state index in [1.165, 1.54) is 0 Å². The molecule has 0 amide bonds. The Morgan fingerprint density at radius 1 is 1.45 bits per heavy atom. The zero-order chi connectivity index (χ0) is 14.8. The van der Waals surface area contributed by atoms with Crippen LogP contribution in [0.2, 0.25) is 0 Å². The summed E-state index contributed by atoms with van der Waals surface area (Å²) in [4.78, 5) is 15.5. The van der Waals surface area contributed by atoms with Crippen molar-refractivity contribution in [2.24, 2.45) is 0 Å². The average Bonchev–Trinajstić information content (AvgIpc) is 2.84. The van der Waals surface area contributed by atoms with Crippen LogP contribution < -0.4 is 10.9 Å². The van der Waals surface area contributed by atoms with Crippen molar-refractivity contribution >= 4 is 0 Å². The Bertz CT molecular complexity index is 624. The number of hydrogen-bond donors (Lipinski definition) is 2. The summed E-state index contributed by atoms with van der Waals surface area (Å²) in [6, 6.07) is 3.49. The van der Waals surface area contributed by atoms with Gasteiger partial charge in [-0.2, -0.15) is 4.80 Å². The van der Waals surface area contributed by atoms with Gasteiger partial charge in [-0.25, -0.2) is 0 Å². The first-order chi connectivity index (χ1) is 9.36. The number of H-pyrrole nitrogens is 1. The fraction of sp³-hybridized carbons (Fsp3) is 0.538. The van der Waals surface area contributed by atoms with Crippen LogP contribution in [0.3, 0.4) is 0 Å². The lowest BCUT2D eigenvalue weighted by Gasteiger charge is -2.15. The van der Waals surface area contributed by atoms with Crippen molar-refractivity contribution in [3.63, 3.8) is 0 Å². The van der Waals surface area contributed by atoms with E-state index >= 15 is 0 Å². The Morgan fingerprint density at radius 3 is 2.80 bits per heavy atom. The van der Waals surface area contributed by atoms with Gasteiger partial charge in [-0.3, -0.25) is 4.79 Å². The third-order valence-electron chi connectivity index (χ3n) is 2.92. The smallest absolute Gasteiger partial charge is 0.248 e. The summed E-state index contributed by atoms with van der Waals surface area (Å²) < 4.78 is 0. The molecule has 20 heavy (non-hydrogen) atoms. The molecule has 0 aliphatic heterocycles. The molecule has 2 heterocycles. The van der Waals surface area contributed by atoms with Crippen molar-refractivity contribution in [3.05, 3.63) is 40.1 Å². The average molecular weight is 276 g/mol. The highest BCUT2D eigenvalue weighted by Crippen LogP contribution is 2.11. The maximum atomic E-state index is 11.3. The molecule has 0 saturated heterocycles. The highest BCUT2D eigenvalue weighted by Gasteiger charge is 2.17. The van der Waals surface area contributed by atoms with Crippen molar-refractivity contribution in [1.82, 2.24) is 30.5 Å². The highest BCUT2D eigenvalue weighted by molar-refractivity contribution is 5.14. The van der Waals surface area contributed by atoms with E-state index in [-0.39, 0.29) is 17.1 Å². The minimum Gasteiger partial charge on any atom is -0.329 e. The summed E-state index contributed by atoms with van der Waals surface area (Å²) in [5, 5.41) is 15.7. The van der Waals surface area contributed by atoms with Crippen LogP contribution >= 0.6 is 0 Å². The number of nitrogens with zero attached hydrogens (tertiary/aromatic N) is 4. The van der Waals surface area contributed by atoms with E-state index in [1.807, 2.05) is 33.8 Å². The number of pyridine rings is 1. The minimum absolute atomic E-state index is 0.0406. The monoisotopic (exact) mass is 276 g/mol. The molecule has 0 radical (unpaired) electrons. The number of nitrogens with one attached hydrogen (secondary N) is 2. The number of rotatable bonds is 4. The molecule has 108 valence electrons. The summed E-state index contributed by atoms with van der Waals surface area (Å²) >= 11 is 0. The van der Waals surface area contributed by atoms with Gasteiger partial charge in [0.2, 0.25) is 5.56 Å². The lowest BCUT2D eigenvalue weighted by molar-refractivity contribution is 0.305. The number of hydrogen-bond acceptors (Lipinski definition) is 5. The van der Waals surface area contributed by atoms with Gasteiger partial charge in [0.1, 0.15) is 0 Å². The van der Waals surface area contributed by atoms with E-state index in [2.05, 4.69) is 25.7 Å². The van der Waals surface area contributed by atoms with Gasteiger partial charge < -0.3 is 10.3 Å². The van der Waals surface area contributed by atoms with Crippen molar-refractivity contribution in [3.8, 4) is 0 Å². The van der Waals surface area contributed by atoms with E-state index in [0.29, 0.717) is 12.4 Å². The standard InChI is InChI=1S/C13H20N6O/c1-9(10-5-6-14-12(20)7-10)15-8-11-16-18-19(17-11)13(2,3)4/h5-7,9,15H,8H2,1-4H3,(H,14,20). The SMILES string of the molecule is CC(NCc1nnn(C(C)(C)C)n1)c1cc[nH]c(=O)c1. The Labute approximate surface area is 117 Å². The molecule has 0 fully saturated rings. The molecule has 0 saturated carbocycles. The summed E-state index contributed by atoms with van der Waals surface area (Å²) in [7, 11) is 0. The minimum atomic E-state index is -0.177. The second-order valence-electron chi connectivity index (χ2n) is 5.75. The van der Waals surface area contributed by atoms with Crippen molar-refractivity contribution < 1.29 is 0 Å². The van der Waals surface area contributed by atoms with Crippen LogP contribution in [-0.4, -0.2) is 25.2 Å². The lowest BCUT2D eigenvalue weighted by atomic mass is 10.1. The topological polar surface area (TPSA) is 88.5 Å². The van der Waals surface area contributed by atoms with E-state index in [0.717, 1.165) is 5.56 Å². The molecule has 1 unspecified atom stereocenters.